The van der Waals surface area contributed by atoms with Gasteiger partial charge in [0.05, 0.1) is 11.0 Å². The smallest absolute Gasteiger partial charge is 0.331 e. The largest absolute Gasteiger partial charge is 0.452 e. The van der Waals surface area contributed by atoms with Crippen LogP contribution < -0.4 is 5.32 Å². The molecule has 0 aliphatic heterocycles. The van der Waals surface area contributed by atoms with Gasteiger partial charge in [0.2, 0.25) is 0 Å². The molecule has 2 aromatic carbocycles. The Bertz CT molecular complexity index is 847. The van der Waals surface area contributed by atoms with Gasteiger partial charge in [-0.2, -0.15) is 0 Å². The Morgan fingerprint density at radius 2 is 1.81 bits per heavy atom. The molecular formula is C19H17ClN2O5. The van der Waals surface area contributed by atoms with Crippen LogP contribution in [0.25, 0.3) is 6.08 Å². The maximum absolute atomic E-state index is 11.9. The summed E-state index contributed by atoms with van der Waals surface area (Å²) in [6.07, 6.45) is 2.59. The SMILES string of the molecule is C[C@@H](NC(=O)COC(=O)/C=C/c1ccc([N+](=O)[O-])cc1)c1ccc(Cl)cc1. The number of ether oxygens (including phenoxy) is 1. The Morgan fingerprint density at radius 3 is 2.41 bits per heavy atom. The van der Waals surface area contributed by atoms with Gasteiger partial charge in [-0.05, 0) is 48.4 Å². The Labute approximate surface area is 160 Å². The molecule has 0 heterocycles. The predicted molar refractivity (Wildman–Crippen MR) is 101 cm³/mol. The number of halogens is 1. The van der Waals surface area contributed by atoms with Crippen LogP contribution in [-0.2, 0) is 14.3 Å². The van der Waals surface area contributed by atoms with Crippen LogP contribution >= 0.6 is 11.6 Å². The molecule has 0 spiro atoms. The molecule has 0 fully saturated rings. The third kappa shape index (κ3) is 6.56. The summed E-state index contributed by atoms with van der Waals surface area (Å²) < 4.78 is 4.88. The Balaban J connectivity index is 1.79. The van der Waals surface area contributed by atoms with Gasteiger partial charge in [-0.1, -0.05) is 23.7 Å². The number of hydrogen-bond donors (Lipinski definition) is 1. The molecule has 8 heteroatoms. The van der Waals surface area contributed by atoms with Gasteiger partial charge in [-0.3, -0.25) is 14.9 Å². The van der Waals surface area contributed by atoms with Gasteiger partial charge in [-0.25, -0.2) is 4.79 Å². The topological polar surface area (TPSA) is 98.5 Å². The molecule has 0 aromatic heterocycles. The summed E-state index contributed by atoms with van der Waals surface area (Å²) in [6, 6.07) is 12.4. The number of carbonyl (C=O) groups excluding carboxylic acids is 2. The fourth-order valence-electron chi connectivity index (χ4n) is 2.17. The quantitative estimate of drug-likeness (QED) is 0.337. The number of nitrogens with one attached hydrogen (secondary N) is 1. The summed E-state index contributed by atoms with van der Waals surface area (Å²) in [5.41, 5.74) is 1.43. The molecule has 0 saturated carbocycles. The Hall–Kier alpha value is -3.19. The van der Waals surface area contributed by atoms with Crippen LogP contribution in [-0.4, -0.2) is 23.4 Å². The van der Waals surface area contributed by atoms with E-state index in [-0.39, 0.29) is 11.7 Å². The number of esters is 1. The molecule has 0 aliphatic carbocycles. The number of rotatable bonds is 7. The lowest BCUT2D eigenvalue weighted by atomic mass is 10.1. The Morgan fingerprint density at radius 1 is 1.19 bits per heavy atom. The molecule has 1 atom stereocenters. The molecule has 0 radical (unpaired) electrons. The van der Waals surface area contributed by atoms with Crippen molar-refractivity contribution in [1.29, 1.82) is 0 Å². The summed E-state index contributed by atoms with van der Waals surface area (Å²) in [5.74, 6) is -1.13. The molecule has 0 bridgehead atoms. The molecule has 2 aromatic rings. The van der Waals surface area contributed by atoms with Gasteiger partial charge in [0.1, 0.15) is 0 Å². The van der Waals surface area contributed by atoms with E-state index in [1.165, 1.54) is 30.3 Å². The van der Waals surface area contributed by atoms with Gasteiger partial charge in [-0.15, -0.1) is 0 Å². The first-order valence-corrected chi connectivity index (χ1v) is 8.37. The summed E-state index contributed by atoms with van der Waals surface area (Å²) >= 11 is 5.82. The van der Waals surface area contributed by atoms with Crippen molar-refractivity contribution in [3.05, 3.63) is 80.9 Å². The average Bonchev–Trinajstić information content (AvgIpc) is 2.65. The second-order valence-corrected chi connectivity index (χ2v) is 6.07. The molecule has 0 aliphatic rings. The van der Waals surface area contributed by atoms with Crippen LogP contribution in [0.15, 0.2) is 54.6 Å². The van der Waals surface area contributed by atoms with E-state index in [9.17, 15) is 19.7 Å². The van der Waals surface area contributed by atoms with Gasteiger partial charge >= 0.3 is 5.97 Å². The van der Waals surface area contributed by atoms with Crippen LogP contribution in [0, 0.1) is 10.1 Å². The number of nitro benzene ring substituents is 1. The maximum Gasteiger partial charge on any atom is 0.331 e. The monoisotopic (exact) mass is 388 g/mol. The lowest BCUT2D eigenvalue weighted by Crippen LogP contribution is -2.30. The fraction of sp³-hybridized carbons (Fsp3) is 0.158. The fourth-order valence-corrected chi connectivity index (χ4v) is 2.30. The molecule has 1 amide bonds. The minimum atomic E-state index is -0.692. The third-order valence-electron chi connectivity index (χ3n) is 3.61. The zero-order valence-corrected chi connectivity index (χ0v) is 15.2. The van der Waals surface area contributed by atoms with E-state index < -0.39 is 23.4 Å². The van der Waals surface area contributed by atoms with E-state index in [2.05, 4.69) is 5.32 Å². The predicted octanol–water partition coefficient (Wildman–Crippen LogP) is 3.68. The molecule has 7 nitrogen and oxygen atoms in total. The van der Waals surface area contributed by atoms with E-state index in [1.807, 2.05) is 0 Å². The van der Waals surface area contributed by atoms with Crippen molar-refractivity contribution in [1.82, 2.24) is 5.32 Å². The van der Waals surface area contributed by atoms with Crippen molar-refractivity contribution in [2.45, 2.75) is 13.0 Å². The molecule has 2 rings (SSSR count). The lowest BCUT2D eigenvalue weighted by molar-refractivity contribution is -0.384. The highest BCUT2D eigenvalue weighted by molar-refractivity contribution is 6.30. The number of non-ortho nitro benzene ring substituents is 1. The number of carbonyl (C=O) groups is 2. The minimum Gasteiger partial charge on any atom is -0.452 e. The van der Waals surface area contributed by atoms with E-state index in [4.69, 9.17) is 16.3 Å². The normalized spacial score (nSPS) is 11.8. The van der Waals surface area contributed by atoms with Gasteiger partial charge in [0.15, 0.2) is 6.61 Å². The van der Waals surface area contributed by atoms with Crippen molar-refractivity contribution in [2.75, 3.05) is 6.61 Å². The average molecular weight is 389 g/mol. The number of amides is 1. The van der Waals surface area contributed by atoms with Crippen LogP contribution in [0.5, 0.6) is 0 Å². The van der Waals surface area contributed by atoms with Crippen molar-refractivity contribution in [3.8, 4) is 0 Å². The second-order valence-electron chi connectivity index (χ2n) is 5.63. The minimum absolute atomic E-state index is 0.0406. The molecule has 27 heavy (non-hydrogen) atoms. The van der Waals surface area contributed by atoms with Crippen molar-refractivity contribution in [2.24, 2.45) is 0 Å². The molecule has 0 saturated heterocycles. The van der Waals surface area contributed by atoms with E-state index in [0.29, 0.717) is 10.6 Å². The van der Waals surface area contributed by atoms with E-state index >= 15 is 0 Å². The molecular weight excluding hydrogens is 372 g/mol. The van der Waals surface area contributed by atoms with Crippen molar-refractivity contribution < 1.29 is 19.2 Å². The highest BCUT2D eigenvalue weighted by atomic mass is 35.5. The highest BCUT2D eigenvalue weighted by Gasteiger charge is 2.11. The van der Waals surface area contributed by atoms with Crippen LogP contribution in [0.4, 0.5) is 5.69 Å². The second kappa shape index (κ2) is 9.49. The highest BCUT2D eigenvalue weighted by Crippen LogP contribution is 2.16. The summed E-state index contributed by atoms with van der Waals surface area (Å²) in [7, 11) is 0. The number of nitrogens with zero attached hydrogens (tertiary/aromatic N) is 1. The summed E-state index contributed by atoms with van der Waals surface area (Å²) in [6.45, 7) is 1.39. The van der Waals surface area contributed by atoms with Crippen LogP contribution in [0.2, 0.25) is 5.02 Å². The Kier molecular flexibility index (Phi) is 7.08. The van der Waals surface area contributed by atoms with Crippen molar-refractivity contribution >= 4 is 35.2 Å². The number of benzene rings is 2. The molecule has 1 N–H and O–H groups in total. The van der Waals surface area contributed by atoms with Gasteiger partial charge < -0.3 is 10.1 Å². The standard InChI is InChI=1S/C19H17ClN2O5/c1-13(15-5-7-16(20)8-6-15)21-18(23)12-27-19(24)11-4-14-2-9-17(10-3-14)22(25)26/h2-11,13H,12H2,1H3,(H,21,23)/b11-4+/t13-/m1/s1. The maximum atomic E-state index is 11.9. The van der Waals surface area contributed by atoms with Crippen LogP contribution in [0.3, 0.4) is 0 Å². The first-order valence-electron chi connectivity index (χ1n) is 7.99. The third-order valence-corrected chi connectivity index (χ3v) is 3.86. The number of nitro groups is 1. The first kappa shape index (κ1) is 20.1. The van der Waals surface area contributed by atoms with E-state index in [1.54, 1.807) is 31.2 Å². The first-order chi connectivity index (χ1) is 12.8. The van der Waals surface area contributed by atoms with Crippen molar-refractivity contribution in [3.63, 3.8) is 0 Å². The van der Waals surface area contributed by atoms with Gasteiger partial charge in [0, 0.05) is 23.2 Å². The lowest BCUT2D eigenvalue weighted by Gasteiger charge is -2.14. The molecule has 140 valence electrons. The van der Waals surface area contributed by atoms with Gasteiger partial charge in [0.25, 0.3) is 11.6 Å². The summed E-state index contributed by atoms with van der Waals surface area (Å²) in [4.78, 5) is 33.6. The number of hydrogen-bond acceptors (Lipinski definition) is 5. The van der Waals surface area contributed by atoms with Crippen LogP contribution in [0.1, 0.15) is 24.1 Å². The zero-order valence-electron chi connectivity index (χ0n) is 14.4. The molecule has 0 unspecified atom stereocenters. The summed E-state index contributed by atoms with van der Waals surface area (Å²) in [5, 5.41) is 13.9. The zero-order chi connectivity index (χ0) is 19.8. The van der Waals surface area contributed by atoms with E-state index in [0.717, 1.165) is 11.6 Å².